The molecule has 0 spiro atoms. The van der Waals surface area contributed by atoms with Crippen LogP contribution >= 0.6 is 0 Å². The van der Waals surface area contributed by atoms with Gasteiger partial charge in [-0.05, 0) is 37.6 Å². The molecule has 0 bridgehead atoms. The summed E-state index contributed by atoms with van der Waals surface area (Å²) in [5.41, 5.74) is 1.26. The molecule has 0 aliphatic carbocycles. The average Bonchev–Trinajstić information content (AvgIpc) is 2.29. The van der Waals surface area contributed by atoms with Crippen LogP contribution in [0.3, 0.4) is 0 Å². The first-order valence-electron chi connectivity index (χ1n) is 5.65. The molecule has 0 saturated carbocycles. The lowest BCUT2D eigenvalue weighted by atomic mass is 10.1. The number of likely N-dealkylation sites (N-methyl/N-ethyl adjacent to an activating group) is 1. The van der Waals surface area contributed by atoms with Crippen molar-refractivity contribution in [3.63, 3.8) is 0 Å². The zero-order valence-electron chi connectivity index (χ0n) is 10.5. The molecule has 0 fully saturated rings. The Hall–Kier alpha value is -1.22. The minimum atomic E-state index is 0.475. The van der Waals surface area contributed by atoms with Crippen LogP contribution in [0.2, 0.25) is 0 Å². The second-order valence-corrected chi connectivity index (χ2v) is 3.85. The quantitative estimate of drug-likeness (QED) is 0.802. The fourth-order valence-corrected chi connectivity index (χ4v) is 1.78. The van der Waals surface area contributed by atoms with E-state index in [1.54, 1.807) is 14.2 Å². The molecule has 0 radical (unpaired) electrons. The first-order chi connectivity index (χ1) is 7.71. The van der Waals surface area contributed by atoms with Crippen molar-refractivity contribution in [3.05, 3.63) is 23.8 Å². The van der Waals surface area contributed by atoms with E-state index < -0.39 is 0 Å². The van der Waals surface area contributed by atoms with Crippen LogP contribution in [-0.4, -0.2) is 26.8 Å². The third-order valence-corrected chi connectivity index (χ3v) is 2.54. The monoisotopic (exact) mass is 223 g/mol. The summed E-state index contributed by atoms with van der Waals surface area (Å²) in [5, 5.41) is 3.39. The Labute approximate surface area is 97.8 Å². The van der Waals surface area contributed by atoms with Crippen molar-refractivity contribution in [1.29, 1.82) is 0 Å². The molecule has 1 rings (SSSR count). The number of hydrogen-bond acceptors (Lipinski definition) is 3. The molecule has 1 aromatic carbocycles. The van der Waals surface area contributed by atoms with Crippen LogP contribution in [0.4, 0.5) is 0 Å². The van der Waals surface area contributed by atoms with Gasteiger partial charge in [-0.15, -0.1) is 0 Å². The summed E-state index contributed by atoms with van der Waals surface area (Å²) in [6.45, 7) is 5.29. The molecule has 0 unspecified atom stereocenters. The van der Waals surface area contributed by atoms with Gasteiger partial charge in [0.05, 0.1) is 14.2 Å². The highest BCUT2D eigenvalue weighted by molar-refractivity contribution is 5.43. The largest absolute Gasteiger partial charge is 0.493 e. The van der Waals surface area contributed by atoms with Crippen molar-refractivity contribution in [3.8, 4) is 11.5 Å². The van der Waals surface area contributed by atoms with Crippen molar-refractivity contribution in [1.82, 2.24) is 5.32 Å². The number of hydrogen-bond donors (Lipinski definition) is 1. The predicted molar refractivity (Wildman–Crippen MR) is 66.4 cm³/mol. The van der Waals surface area contributed by atoms with Crippen LogP contribution in [0.1, 0.15) is 19.4 Å². The van der Waals surface area contributed by atoms with Crippen LogP contribution in [-0.2, 0) is 6.42 Å². The molecule has 90 valence electrons. The molecule has 0 aromatic heterocycles. The molecule has 1 aromatic rings. The molecule has 16 heavy (non-hydrogen) atoms. The topological polar surface area (TPSA) is 30.5 Å². The summed E-state index contributed by atoms with van der Waals surface area (Å²) in [4.78, 5) is 0. The Bertz CT molecular complexity index is 326. The van der Waals surface area contributed by atoms with Crippen LogP contribution in [0.25, 0.3) is 0 Å². The zero-order chi connectivity index (χ0) is 12.0. The fourth-order valence-electron chi connectivity index (χ4n) is 1.78. The number of nitrogens with one attached hydrogen (secondary N) is 1. The number of benzene rings is 1. The normalized spacial score (nSPS) is 12.2. The number of rotatable bonds is 6. The maximum absolute atomic E-state index is 5.27. The van der Waals surface area contributed by atoms with E-state index in [0.29, 0.717) is 6.04 Å². The van der Waals surface area contributed by atoms with Crippen LogP contribution in [0.5, 0.6) is 11.5 Å². The van der Waals surface area contributed by atoms with Gasteiger partial charge in [0, 0.05) is 6.04 Å². The Kier molecular flexibility index (Phi) is 5.12. The highest BCUT2D eigenvalue weighted by atomic mass is 16.5. The average molecular weight is 223 g/mol. The van der Waals surface area contributed by atoms with Gasteiger partial charge in [0.15, 0.2) is 11.5 Å². The Morgan fingerprint density at radius 3 is 2.44 bits per heavy atom. The van der Waals surface area contributed by atoms with Gasteiger partial charge in [-0.25, -0.2) is 0 Å². The number of ether oxygens (including phenoxy) is 2. The third-order valence-electron chi connectivity index (χ3n) is 2.54. The Morgan fingerprint density at radius 1 is 1.19 bits per heavy atom. The third kappa shape index (κ3) is 3.42. The number of methoxy groups -OCH3 is 2. The lowest BCUT2D eigenvalue weighted by Crippen LogP contribution is -2.27. The molecule has 1 N–H and O–H groups in total. The van der Waals surface area contributed by atoms with E-state index in [-0.39, 0.29) is 0 Å². The van der Waals surface area contributed by atoms with E-state index in [2.05, 4.69) is 25.2 Å². The van der Waals surface area contributed by atoms with Gasteiger partial charge in [-0.3, -0.25) is 0 Å². The lowest BCUT2D eigenvalue weighted by molar-refractivity contribution is 0.354. The van der Waals surface area contributed by atoms with Crippen LogP contribution < -0.4 is 14.8 Å². The van der Waals surface area contributed by atoms with E-state index in [1.165, 1.54) is 5.56 Å². The molecule has 0 aliphatic heterocycles. The predicted octanol–water partition coefficient (Wildman–Crippen LogP) is 2.24. The van der Waals surface area contributed by atoms with Crippen molar-refractivity contribution >= 4 is 0 Å². The summed E-state index contributed by atoms with van der Waals surface area (Å²) in [6, 6.07) is 6.54. The summed E-state index contributed by atoms with van der Waals surface area (Å²) in [6.07, 6.45) is 0.994. The molecular formula is C13H21NO2. The molecule has 0 aliphatic rings. The molecule has 3 nitrogen and oxygen atoms in total. The van der Waals surface area contributed by atoms with E-state index in [0.717, 1.165) is 24.5 Å². The zero-order valence-corrected chi connectivity index (χ0v) is 10.5. The SMILES string of the molecule is CCN[C@H](C)Cc1ccc(OC)c(OC)c1. The standard InChI is InChI=1S/C13H21NO2/c1-5-14-10(2)8-11-6-7-12(15-3)13(9-11)16-4/h6-7,9-10,14H,5,8H2,1-4H3/t10-/m1/s1. The minimum Gasteiger partial charge on any atom is -0.493 e. The maximum atomic E-state index is 5.27. The highest BCUT2D eigenvalue weighted by Crippen LogP contribution is 2.27. The summed E-state index contributed by atoms with van der Waals surface area (Å²) in [5.74, 6) is 1.58. The van der Waals surface area contributed by atoms with Crippen LogP contribution in [0.15, 0.2) is 18.2 Å². The van der Waals surface area contributed by atoms with E-state index in [9.17, 15) is 0 Å². The second kappa shape index (κ2) is 6.38. The highest BCUT2D eigenvalue weighted by Gasteiger charge is 2.07. The van der Waals surface area contributed by atoms with E-state index >= 15 is 0 Å². The molecule has 0 amide bonds. The van der Waals surface area contributed by atoms with Crippen molar-refractivity contribution in [2.45, 2.75) is 26.3 Å². The molecule has 3 heteroatoms. The maximum Gasteiger partial charge on any atom is 0.160 e. The van der Waals surface area contributed by atoms with E-state index in [4.69, 9.17) is 9.47 Å². The van der Waals surface area contributed by atoms with Gasteiger partial charge < -0.3 is 14.8 Å². The molecule has 0 heterocycles. The van der Waals surface area contributed by atoms with Crippen molar-refractivity contribution in [2.75, 3.05) is 20.8 Å². The van der Waals surface area contributed by atoms with Gasteiger partial charge in [-0.2, -0.15) is 0 Å². The second-order valence-electron chi connectivity index (χ2n) is 3.85. The summed E-state index contributed by atoms with van der Waals surface area (Å²) >= 11 is 0. The summed E-state index contributed by atoms with van der Waals surface area (Å²) in [7, 11) is 3.31. The smallest absolute Gasteiger partial charge is 0.160 e. The fraction of sp³-hybridized carbons (Fsp3) is 0.538. The van der Waals surface area contributed by atoms with E-state index in [1.807, 2.05) is 12.1 Å². The van der Waals surface area contributed by atoms with Gasteiger partial charge in [0.2, 0.25) is 0 Å². The van der Waals surface area contributed by atoms with Crippen molar-refractivity contribution in [2.24, 2.45) is 0 Å². The molecule has 0 saturated heterocycles. The van der Waals surface area contributed by atoms with Gasteiger partial charge >= 0.3 is 0 Å². The lowest BCUT2D eigenvalue weighted by Gasteiger charge is -2.14. The minimum absolute atomic E-state index is 0.475. The van der Waals surface area contributed by atoms with Gasteiger partial charge in [-0.1, -0.05) is 13.0 Å². The molecular weight excluding hydrogens is 202 g/mol. The van der Waals surface area contributed by atoms with Gasteiger partial charge in [0.1, 0.15) is 0 Å². The summed E-state index contributed by atoms with van der Waals surface area (Å²) < 4.78 is 10.5. The first kappa shape index (κ1) is 12.8. The van der Waals surface area contributed by atoms with Crippen molar-refractivity contribution < 1.29 is 9.47 Å². The van der Waals surface area contributed by atoms with Gasteiger partial charge in [0.25, 0.3) is 0 Å². The Balaban J connectivity index is 2.74. The molecule has 1 atom stereocenters. The van der Waals surface area contributed by atoms with Crippen LogP contribution in [0, 0.1) is 0 Å². The first-order valence-corrected chi connectivity index (χ1v) is 5.65. The Morgan fingerprint density at radius 2 is 1.88 bits per heavy atom.